The molecule has 6 heteroatoms. The van der Waals surface area contributed by atoms with Crippen molar-refractivity contribution in [2.75, 3.05) is 4.90 Å². The molecular weight excluding hydrogens is 343 g/mol. The minimum Gasteiger partial charge on any atom is -0.384 e. The van der Waals surface area contributed by atoms with Crippen LogP contribution in [0, 0.1) is 17.1 Å². The first-order valence-electron chi connectivity index (χ1n) is 8.73. The molecule has 0 radical (unpaired) electrons. The maximum Gasteiger partial charge on any atom is 0.161 e. The number of Topliss-reactive ketones (excluding diaryl/α,β-unsaturated/α-hetero) is 1. The summed E-state index contributed by atoms with van der Waals surface area (Å²) in [5.74, 6) is -0.604. The fraction of sp³-hybridized carbons (Fsp3) is 0.190. The van der Waals surface area contributed by atoms with Gasteiger partial charge in [-0.15, -0.1) is 0 Å². The van der Waals surface area contributed by atoms with Gasteiger partial charge in [-0.3, -0.25) is 14.7 Å². The number of pyridine rings is 1. The zero-order valence-corrected chi connectivity index (χ0v) is 14.5. The van der Waals surface area contributed by atoms with Crippen molar-refractivity contribution < 1.29 is 9.18 Å². The molecule has 0 bridgehead atoms. The SMILES string of the molecule is N#CC1=C(N)N(c2ccc(F)cc2)C2=C(C(=O)CCC2)[C@@H]1c1cccnc1. The Morgan fingerprint density at radius 2 is 2.00 bits per heavy atom. The van der Waals surface area contributed by atoms with Gasteiger partial charge < -0.3 is 5.73 Å². The van der Waals surface area contributed by atoms with E-state index in [4.69, 9.17) is 5.73 Å². The minimum absolute atomic E-state index is 0.0115. The molecule has 0 saturated heterocycles. The lowest BCUT2D eigenvalue weighted by atomic mass is 9.76. The molecule has 1 aliphatic heterocycles. The Bertz CT molecular complexity index is 1000. The normalized spacial score (nSPS) is 19.8. The van der Waals surface area contributed by atoms with E-state index < -0.39 is 5.92 Å². The molecule has 2 N–H and O–H groups in total. The number of carbonyl (C=O) groups is 1. The van der Waals surface area contributed by atoms with Crippen LogP contribution in [-0.4, -0.2) is 10.8 Å². The van der Waals surface area contributed by atoms with Gasteiger partial charge in [0.1, 0.15) is 11.6 Å². The second-order valence-electron chi connectivity index (χ2n) is 6.58. The Morgan fingerprint density at radius 1 is 1.22 bits per heavy atom. The van der Waals surface area contributed by atoms with Gasteiger partial charge in [-0.2, -0.15) is 5.26 Å². The van der Waals surface area contributed by atoms with Crippen LogP contribution >= 0.6 is 0 Å². The maximum absolute atomic E-state index is 13.4. The van der Waals surface area contributed by atoms with Gasteiger partial charge in [-0.1, -0.05) is 6.07 Å². The van der Waals surface area contributed by atoms with E-state index in [0.29, 0.717) is 36.1 Å². The smallest absolute Gasteiger partial charge is 0.161 e. The summed E-state index contributed by atoms with van der Waals surface area (Å²) in [5, 5.41) is 9.85. The Balaban J connectivity index is 1.96. The Hall–Kier alpha value is -3.46. The number of benzene rings is 1. The third kappa shape index (κ3) is 2.77. The van der Waals surface area contributed by atoms with Crippen LogP contribution in [0.5, 0.6) is 0 Å². The topological polar surface area (TPSA) is 83.0 Å². The Kier molecular flexibility index (Phi) is 4.21. The van der Waals surface area contributed by atoms with Gasteiger partial charge >= 0.3 is 0 Å². The quantitative estimate of drug-likeness (QED) is 0.886. The van der Waals surface area contributed by atoms with E-state index in [-0.39, 0.29) is 17.4 Å². The highest BCUT2D eigenvalue weighted by Crippen LogP contribution is 2.45. The number of nitrogens with two attached hydrogens (primary N) is 1. The van der Waals surface area contributed by atoms with E-state index in [1.165, 1.54) is 12.1 Å². The summed E-state index contributed by atoms with van der Waals surface area (Å²) in [6.45, 7) is 0. The van der Waals surface area contributed by atoms with Crippen molar-refractivity contribution in [2.45, 2.75) is 25.2 Å². The molecule has 0 unspecified atom stereocenters. The van der Waals surface area contributed by atoms with Crippen LogP contribution in [0.4, 0.5) is 10.1 Å². The first kappa shape index (κ1) is 17.0. The molecular formula is C21H17FN4O. The van der Waals surface area contributed by atoms with Gasteiger partial charge in [0, 0.05) is 35.8 Å². The van der Waals surface area contributed by atoms with Gasteiger partial charge in [0.2, 0.25) is 0 Å². The molecule has 1 aromatic carbocycles. The number of halogens is 1. The van der Waals surface area contributed by atoms with E-state index in [0.717, 1.165) is 11.3 Å². The van der Waals surface area contributed by atoms with E-state index in [9.17, 15) is 14.4 Å². The summed E-state index contributed by atoms with van der Waals surface area (Å²) in [5.41, 5.74) is 9.48. The second-order valence-corrected chi connectivity index (χ2v) is 6.58. The van der Waals surface area contributed by atoms with E-state index >= 15 is 0 Å². The highest BCUT2D eigenvalue weighted by Gasteiger charge is 2.40. The molecule has 134 valence electrons. The van der Waals surface area contributed by atoms with E-state index in [2.05, 4.69) is 11.1 Å². The third-order valence-corrected chi connectivity index (χ3v) is 5.02. The predicted octanol–water partition coefficient (Wildman–Crippen LogP) is 3.53. The number of aromatic nitrogens is 1. The molecule has 4 rings (SSSR count). The van der Waals surface area contributed by atoms with E-state index in [1.807, 2.05) is 6.07 Å². The van der Waals surface area contributed by atoms with E-state index in [1.54, 1.807) is 35.5 Å². The summed E-state index contributed by atoms with van der Waals surface area (Å²) in [6, 6.07) is 11.7. The van der Waals surface area contributed by atoms with Crippen molar-refractivity contribution >= 4 is 11.5 Å². The maximum atomic E-state index is 13.4. The van der Waals surface area contributed by atoms with Crippen LogP contribution in [0.25, 0.3) is 0 Å². The van der Waals surface area contributed by atoms with Crippen LogP contribution in [0.3, 0.4) is 0 Å². The predicted molar refractivity (Wildman–Crippen MR) is 98.6 cm³/mol. The van der Waals surface area contributed by atoms with Gasteiger partial charge in [0.15, 0.2) is 5.78 Å². The highest BCUT2D eigenvalue weighted by molar-refractivity contribution is 6.01. The summed E-state index contributed by atoms with van der Waals surface area (Å²) in [7, 11) is 0. The fourth-order valence-corrected chi connectivity index (χ4v) is 3.85. The molecule has 0 fully saturated rings. The molecule has 2 aliphatic rings. The number of hydrogen-bond donors (Lipinski definition) is 1. The highest BCUT2D eigenvalue weighted by atomic mass is 19.1. The Morgan fingerprint density at radius 3 is 2.67 bits per heavy atom. The minimum atomic E-state index is -0.525. The van der Waals surface area contributed by atoms with Crippen LogP contribution in [-0.2, 0) is 4.79 Å². The summed E-state index contributed by atoms with van der Waals surface area (Å²) < 4.78 is 13.4. The summed E-state index contributed by atoms with van der Waals surface area (Å²) in [6.07, 6.45) is 5.12. The third-order valence-electron chi connectivity index (χ3n) is 5.02. The van der Waals surface area contributed by atoms with Crippen molar-refractivity contribution in [1.29, 1.82) is 5.26 Å². The first-order valence-corrected chi connectivity index (χ1v) is 8.73. The van der Waals surface area contributed by atoms with Gasteiger partial charge in [0.05, 0.1) is 17.6 Å². The molecule has 1 atom stereocenters. The molecule has 5 nitrogen and oxygen atoms in total. The zero-order valence-electron chi connectivity index (χ0n) is 14.5. The van der Waals surface area contributed by atoms with Gasteiger partial charge in [-0.05, 0) is 48.7 Å². The van der Waals surface area contributed by atoms with Crippen LogP contribution in [0.1, 0.15) is 30.7 Å². The monoisotopic (exact) mass is 360 g/mol. The zero-order chi connectivity index (χ0) is 19.0. The van der Waals surface area contributed by atoms with Crippen molar-refractivity contribution in [3.63, 3.8) is 0 Å². The van der Waals surface area contributed by atoms with Crippen molar-refractivity contribution in [1.82, 2.24) is 4.98 Å². The van der Waals surface area contributed by atoms with Crippen molar-refractivity contribution in [2.24, 2.45) is 5.73 Å². The van der Waals surface area contributed by atoms with Crippen LogP contribution < -0.4 is 10.6 Å². The average Bonchev–Trinajstić information content (AvgIpc) is 2.69. The summed E-state index contributed by atoms with van der Waals surface area (Å²) >= 11 is 0. The largest absolute Gasteiger partial charge is 0.384 e. The average molecular weight is 360 g/mol. The second kappa shape index (κ2) is 6.69. The van der Waals surface area contributed by atoms with Crippen molar-refractivity contribution in [3.05, 3.63) is 82.8 Å². The number of ketones is 1. The molecule has 0 saturated carbocycles. The molecule has 1 aromatic heterocycles. The number of nitrogens with zero attached hydrogens (tertiary/aromatic N) is 3. The first-order chi connectivity index (χ1) is 13.1. The molecule has 2 aromatic rings. The molecule has 0 amide bonds. The number of carbonyl (C=O) groups excluding carboxylic acids is 1. The van der Waals surface area contributed by atoms with Crippen molar-refractivity contribution in [3.8, 4) is 6.07 Å². The number of rotatable bonds is 2. The van der Waals surface area contributed by atoms with Gasteiger partial charge in [0.25, 0.3) is 0 Å². The molecule has 27 heavy (non-hydrogen) atoms. The lowest BCUT2D eigenvalue weighted by Crippen LogP contribution is -2.38. The standard InChI is InChI=1S/C21H17FN4O/c22-14-6-8-15(9-7-14)26-17-4-1-5-18(27)20(17)19(16(11-23)21(26)24)13-3-2-10-25-12-13/h2-3,6-10,12,19H,1,4-5,24H2/t19-/m1/s1. The fourth-order valence-electron chi connectivity index (χ4n) is 3.85. The Labute approximate surface area is 156 Å². The number of nitriles is 1. The molecule has 0 spiro atoms. The number of allylic oxidation sites excluding steroid dienone is 3. The van der Waals surface area contributed by atoms with Crippen LogP contribution in [0.15, 0.2) is 71.5 Å². The lowest BCUT2D eigenvalue weighted by Gasteiger charge is -2.39. The van der Waals surface area contributed by atoms with Crippen LogP contribution in [0.2, 0.25) is 0 Å². The molecule has 1 aliphatic carbocycles. The molecule has 2 heterocycles. The summed E-state index contributed by atoms with van der Waals surface area (Å²) in [4.78, 5) is 18.7. The number of hydrogen-bond acceptors (Lipinski definition) is 5. The van der Waals surface area contributed by atoms with Gasteiger partial charge in [-0.25, -0.2) is 4.39 Å². The number of anilines is 1. The lowest BCUT2D eigenvalue weighted by molar-refractivity contribution is -0.116.